The smallest absolute Gasteiger partial charge is 0.258 e. The standard InChI is InChI=1S/C21H19NO3/c1-15-2-4-16(5-3-15)14-22(18-8-12-20(24)13-9-18)21(25)17-6-10-19(23)11-7-17/h2-13,23-24H,14H2,1H3. The Morgan fingerprint density at radius 3 is 1.88 bits per heavy atom. The molecule has 4 heteroatoms. The van der Waals surface area contributed by atoms with E-state index in [0.29, 0.717) is 17.8 Å². The van der Waals surface area contributed by atoms with Crippen molar-refractivity contribution >= 4 is 11.6 Å². The number of benzene rings is 3. The number of nitrogens with zero attached hydrogens (tertiary/aromatic N) is 1. The van der Waals surface area contributed by atoms with Gasteiger partial charge in [-0.3, -0.25) is 4.79 Å². The highest BCUT2D eigenvalue weighted by Gasteiger charge is 2.18. The van der Waals surface area contributed by atoms with Gasteiger partial charge in [0.05, 0.1) is 6.54 Å². The molecule has 126 valence electrons. The second kappa shape index (κ2) is 7.09. The molecule has 1 amide bonds. The van der Waals surface area contributed by atoms with Gasteiger partial charge in [-0.05, 0) is 61.0 Å². The van der Waals surface area contributed by atoms with E-state index >= 15 is 0 Å². The van der Waals surface area contributed by atoms with E-state index in [2.05, 4.69) is 0 Å². The maximum Gasteiger partial charge on any atom is 0.258 e. The molecule has 0 bridgehead atoms. The van der Waals surface area contributed by atoms with Gasteiger partial charge in [0, 0.05) is 11.3 Å². The molecule has 0 fully saturated rings. The minimum Gasteiger partial charge on any atom is -0.508 e. The summed E-state index contributed by atoms with van der Waals surface area (Å²) < 4.78 is 0. The maximum absolute atomic E-state index is 13.0. The van der Waals surface area contributed by atoms with Crippen LogP contribution in [0.15, 0.2) is 72.8 Å². The Morgan fingerprint density at radius 1 is 0.800 bits per heavy atom. The van der Waals surface area contributed by atoms with Crippen molar-refractivity contribution in [2.24, 2.45) is 0 Å². The Bertz CT molecular complexity index is 853. The number of aryl methyl sites for hydroxylation is 1. The van der Waals surface area contributed by atoms with E-state index in [9.17, 15) is 15.0 Å². The van der Waals surface area contributed by atoms with Crippen LogP contribution in [0.4, 0.5) is 5.69 Å². The van der Waals surface area contributed by atoms with Crippen LogP contribution in [-0.2, 0) is 6.54 Å². The van der Waals surface area contributed by atoms with Gasteiger partial charge < -0.3 is 15.1 Å². The van der Waals surface area contributed by atoms with Gasteiger partial charge in [0.15, 0.2) is 0 Å². The summed E-state index contributed by atoms with van der Waals surface area (Å²) in [6, 6.07) is 20.7. The zero-order chi connectivity index (χ0) is 17.8. The summed E-state index contributed by atoms with van der Waals surface area (Å²) >= 11 is 0. The highest BCUT2D eigenvalue weighted by atomic mass is 16.3. The molecule has 0 radical (unpaired) electrons. The number of phenols is 2. The second-order valence-electron chi connectivity index (χ2n) is 5.94. The summed E-state index contributed by atoms with van der Waals surface area (Å²) in [5, 5.41) is 18.9. The van der Waals surface area contributed by atoms with Gasteiger partial charge in [0.1, 0.15) is 11.5 Å². The number of hydrogen-bond acceptors (Lipinski definition) is 3. The normalized spacial score (nSPS) is 10.4. The Morgan fingerprint density at radius 2 is 1.32 bits per heavy atom. The van der Waals surface area contributed by atoms with E-state index in [1.165, 1.54) is 12.1 Å². The third-order valence-corrected chi connectivity index (χ3v) is 3.98. The van der Waals surface area contributed by atoms with Crippen LogP contribution in [0.3, 0.4) is 0 Å². The minimum absolute atomic E-state index is 0.117. The average Bonchev–Trinajstić information content (AvgIpc) is 2.62. The fourth-order valence-electron chi connectivity index (χ4n) is 2.55. The zero-order valence-corrected chi connectivity index (χ0v) is 13.9. The summed E-state index contributed by atoms with van der Waals surface area (Å²) in [6.07, 6.45) is 0. The molecule has 0 aliphatic carbocycles. The molecule has 3 aromatic rings. The molecule has 0 aliphatic heterocycles. The molecular formula is C21H19NO3. The lowest BCUT2D eigenvalue weighted by molar-refractivity contribution is 0.0985. The van der Waals surface area contributed by atoms with Crippen molar-refractivity contribution < 1.29 is 15.0 Å². The molecule has 4 nitrogen and oxygen atoms in total. The minimum atomic E-state index is -0.175. The third-order valence-electron chi connectivity index (χ3n) is 3.98. The molecule has 0 atom stereocenters. The second-order valence-corrected chi connectivity index (χ2v) is 5.94. The van der Waals surface area contributed by atoms with Crippen LogP contribution in [0.5, 0.6) is 11.5 Å². The Hall–Kier alpha value is -3.27. The van der Waals surface area contributed by atoms with Crippen molar-refractivity contribution in [1.29, 1.82) is 0 Å². The summed E-state index contributed by atoms with van der Waals surface area (Å²) in [5.41, 5.74) is 3.34. The van der Waals surface area contributed by atoms with Crippen LogP contribution < -0.4 is 4.90 Å². The van der Waals surface area contributed by atoms with Crippen molar-refractivity contribution in [3.05, 3.63) is 89.5 Å². The summed E-state index contributed by atoms with van der Waals surface area (Å²) in [5.74, 6) is 0.0913. The van der Waals surface area contributed by atoms with Gasteiger partial charge in [0.2, 0.25) is 0 Å². The topological polar surface area (TPSA) is 60.8 Å². The fraction of sp³-hybridized carbons (Fsp3) is 0.0952. The number of anilines is 1. The summed E-state index contributed by atoms with van der Waals surface area (Å²) in [6.45, 7) is 2.42. The number of phenolic OH excluding ortho intramolecular Hbond substituents is 2. The monoisotopic (exact) mass is 333 g/mol. The molecule has 0 aromatic heterocycles. The van der Waals surface area contributed by atoms with Gasteiger partial charge in [-0.15, -0.1) is 0 Å². The van der Waals surface area contributed by atoms with Gasteiger partial charge >= 0.3 is 0 Å². The van der Waals surface area contributed by atoms with Crippen LogP contribution in [0, 0.1) is 6.92 Å². The van der Waals surface area contributed by atoms with Crippen LogP contribution in [0.2, 0.25) is 0 Å². The Balaban J connectivity index is 1.95. The van der Waals surface area contributed by atoms with Crippen molar-refractivity contribution in [2.75, 3.05) is 4.90 Å². The van der Waals surface area contributed by atoms with Crippen LogP contribution in [0.25, 0.3) is 0 Å². The maximum atomic E-state index is 13.0. The first-order valence-corrected chi connectivity index (χ1v) is 7.98. The zero-order valence-electron chi connectivity index (χ0n) is 13.9. The van der Waals surface area contributed by atoms with Crippen molar-refractivity contribution in [3.63, 3.8) is 0 Å². The molecule has 0 spiro atoms. The molecule has 3 aromatic carbocycles. The molecule has 0 unspecified atom stereocenters. The first-order chi connectivity index (χ1) is 12.0. The van der Waals surface area contributed by atoms with Crippen molar-refractivity contribution in [1.82, 2.24) is 0 Å². The van der Waals surface area contributed by atoms with E-state index in [0.717, 1.165) is 11.1 Å². The number of carbonyl (C=O) groups excluding carboxylic acids is 1. The molecule has 0 aliphatic rings. The number of hydrogen-bond donors (Lipinski definition) is 2. The molecule has 0 heterocycles. The van der Waals surface area contributed by atoms with Crippen LogP contribution >= 0.6 is 0 Å². The predicted molar refractivity (Wildman–Crippen MR) is 97.9 cm³/mol. The van der Waals surface area contributed by atoms with Crippen LogP contribution in [-0.4, -0.2) is 16.1 Å². The number of aromatic hydroxyl groups is 2. The lowest BCUT2D eigenvalue weighted by atomic mass is 10.1. The summed E-state index contributed by atoms with van der Waals surface area (Å²) in [4.78, 5) is 14.6. The van der Waals surface area contributed by atoms with Crippen molar-refractivity contribution in [3.8, 4) is 11.5 Å². The number of amides is 1. The van der Waals surface area contributed by atoms with Gasteiger partial charge in [-0.25, -0.2) is 0 Å². The number of rotatable bonds is 4. The Labute approximate surface area is 146 Å². The third kappa shape index (κ3) is 3.98. The molecule has 0 saturated heterocycles. The van der Waals surface area contributed by atoms with E-state index in [1.54, 1.807) is 41.3 Å². The van der Waals surface area contributed by atoms with E-state index in [4.69, 9.17) is 0 Å². The van der Waals surface area contributed by atoms with Crippen LogP contribution in [0.1, 0.15) is 21.5 Å². The SMILES string of the molecule is Cc1ccc(CN(C(=O)c2ccc(O)cc2)c2ccc(O)cc2)cc1. The van der Waals surface area contributed by atoms with E-state index < -0.39 is 0 Å². The molecule has 25 heavy (non-hydrogen) atoms. The Kier molecular flexibility index (Phi) is 4.70. The summed E-state index contributed by atoms with van der Waals surface area (Å²) in [7, 11) is 0. The first-order valence-electron chi connectivity index (χ1n) is 7.98. The lowest BCUT2D eigenvalue weighted by Crippen LogP contribution is -2.30. The van der Waals surface area contributed by atoms with Gasteiger partial charge in [-0.2, -0.15) is 0 Å². The fourth-order valence-corrected chi connectivity index (χ4v) is 2.55. The quantitative estimate of drug-likeness (QED) is 0.750. The van der Waals surface area contributed by atoms with Gasteiger partial charge in [0.25, 0.3) is 5.91 Å². The molecule has 3 rings (SSSR count). The lowest BCUT2D eigenvalue weighted by Gasteiger charge is -2.23. The first kappa shape index (κ1) is 16.6. The predicted octanol–water partition coefficient (Wildman–Crippen LogP) is 4.25. The van der Waals surface area contributed by atoms with E-state index in [-0.39, 0.29) is 17.4 Å². The number of carbonyl (C=O) groups is 1. The molecule has 2 N–H and O–H groups in total. The molecule has 0 saturated carbocycles. The van der Waals surface area contributed by atoms with Crippen molar-refractivity contribution in [2.45, 2.75) is 13.5 Å². The largest absolute Gasteiger partial charge is 0.508 e. The highest BCUT2D eigenvalue weighted by Crippen LogP contribution is 2.23. The average molecular weight is 333 g/mol. The van der Waals surface area contributed by atoms with Gasteiger partial charge in [-0.1, -0.05) is 29.8 Å². The molecular weight excluding hydrogens is 314 g/mol. The highest BCUT2D eigenvalue weighted by molar-refractivity contribution is 6.06. The van der Waals surface area contributed by atoms with E-state index in [1.807, 2.05) is 31.2 Å².